The zero-order valence-electron chi connectivity index (χ0n) is 14.9. The third-order valence-corrected chi connectivity index (χ3v) is 5.64. The molecule has 0 bridgehead atoms. The lowest BCUT2D eigenvalue weighted by molar-refractivity contribution is -0.151. The lowest BCUT2D eigenvalue weighted by atomic mass is 9.99. The van der Waals surface area contributed by atoms with Crippen molar-refractivity contribution in [3.8, 4) is 0 Å². The number of nitrogens with zero attached hydrogens (tertiary/aromatic N) is 2. The molecule has 136 valence electrons. The van der Waals surface area contributed by atoms with Gasteiger partial charge in [-0.15, -0.1) is 0 Å². The van der Waals surface area contributed by atoms with Gasteiger partial charge in [0, 0.05) is 39.3 Å². The van der Waals surface area contributed by atoms with Crippen LogP contribution in [0.1, 0.15) is 24.0 Å². The van der Waals surface area contributed by atoms with E-state index in [4.69, 9.17) is 9.47 Å². The van der Waals surface area contributed by atoms with Gasteiger partial charge in [0.2, 0.25) is 0 Å². The summed E-state index contributed by atoms with van der Waals surface area (Å²) in [5.74, 6) is 0.753. The fraction of sp³-hybridized carbons (Fsp3) is 0.650. The van der Waals surface area contributed by atoms with Gasteiger partial charge < -0.3 is 14.4 Å². The van der Waals surface area contributed by atoms with Crippen molar-refractivity contribution < 1.29 is 14.3 Å². The van der Waals surface area contributed by atoms with Crippen LogP contribution in [0.25, 0.3) is 0 Å². The number of carbonyl (C=O) groups excluding carboxylic acids is 1. The van der Waals surface area contributed by atoms with Gasteiger partial charge in [-0.05, 0) is 36.3 Å². The Kier molecular flexibility index (Phi) is 5.34. The van der Waals surface area contributed by atoms with Gasteiger partial charge in [0.15, 0.2) is 0 Å². The van der Waals surface area contributed by atoms with Crippen LogP contribution >= 0.6 is 0 Å². The first-order chi connectivity index (χ1) is 12.3. The number of fused-ring (bicyclic) bond motifs is 1. The molecule has 2 fully saturated rings. The molecule has 3 heterocycles. The molecule has 3 aliphatic heterocycles. The summed E-state index contributed by atoms with van der Waals surface area (Å²) < 4.78 is 11.4. The SMILES string of the molecule is O=C(C1CN(CC2CCCOC2)CCO1)N1CCc2ccccc2C1. The second-order valence-corrected chi connectivity index (χ2v) is 7.48. The number of benzene rings is 1. The molecule has 0 radical (unpaired) electrons. The van der Waals surface area contributed by atoms with E-state index in [0.29, 0.717) is 25.6 Å². The monoisotopic (exact) mass is 344 g/mol. The maximum Gasteiger partial charge on any atom is 0.253 e. The zero-order valence-corrected chi connectivity index (χ0v) is 14.9. The number of ether oxygens (including phenoxy) is 2. The molecule has 3 aliphatic rings. The van der Waals surface area contributed by atoms with E-state index in [-0.39, 0.29) is 12.0 Å². The molecule has 2 saturated heterocycles. The van der Waals surface area contributed by atoms with E-state index in [1.807, 2.05) is 4.90 Å². The molecule has 5 heteroatoms. The van der Waals surface area contributed by atoms with Crippen LogP contribution < -0.4 is 0 Å². The van der Waals surface area contributed by atoms with Gasteiger partial charge in [-0.2, -0.15) is 0 Å². The van der Waals surface area contributed by atoms with Crippen LogP contribution in [0.4, 0.5) is 0 Å². The minimum Gasteiger partial charge on any atom is -0.381 e. The van der Waals surface area contributed by atoms with Crippen molar-refractivity contribution in [2.45, 2.75) is 31.9 Å². The first-order valence-corrected chi connectivity index (χ1v) is 9.57. The first-order valence-electron chi connectivity index (χ1n) is 9.57. The van der Waals surface area contributed by atoms with Crippen molar-refractivity contribution in [1.29, 1.82) is 0 Å². The van der Waals surface area contributed by atoms with Crippen molar-refractivity contribution >= 4 is 5.91 Å². The van der Waals surface area contributed by atoms with E-state index in [1.165, 1.54) is 17.5 Å². The second-order valence-electron chi connectivity index (χ2n) is 7.48. The van der Waals surface area contributed by atoms with Crippen LogP contribution in [0.5, 0.6) is 0 Å². The van der Waals surface area contributed by atoms with E-state index in [1.54, 1.807) is 0 Å². The normalized spacial score (nSPS) is 27.8. The quantitative estimate of drug-likeness (QED) is 0.837. The predicted octanol–water partition coefficient (Wildman–Crippen LogP) is 1.70. The highest BCUT2D eigenvalue weighted by Gasteiger charge is 2.32. The number of hydrogen-bond acceptors (Lipinski definition) is 4. The summed E-state index contributed by atoms with van der Waals surface area (Å²) in [7, 11) is 0. The fourth-order valence-corrected chi connectivity index (χ4v) is 4.22. The Labute approximate surface area is 149 Å². The van der Waals surface area contributed by atoms with Crippen LogP contribution in [0.3, 0.4) is 0 Å². The summed E-state index contributed by atoms with van der Waals surface area (Å²) in [4.78, 5) is 17.3. The first kappa shape index (κ1) is 17.0. The Balaban J connectivity index is 1.34. The highest BCUT2D eigenvalue weighted by atomic mass is 16.5. The molecular formula is C20H28N2O3. The molecule has 5 nitrogen and oxygen atoms in total. The van der Waals surface area contributed by atoms with E-state index >= 15 is 0 Å². The molecule has 1 aromatic carbocycles. The van der Waals surface area contributed by atoms with E-state index in [9.17, 15) is 4.79 Å². The van der Waals surface area contributed by atoms with Crippen molar-refractivity contribution in [1.82, 2.24) is 9.80 Å². The van der Waals surface area contributed by atoms with E-state index in [2.05, 4.69) is 29.2 Å². The molecule has 0 aromatic heterocycles. The average molecular weight is 344 g/mol. The molecular weight excluding hydrogens is 316 g/mol. The van der Waals surface area contributed by atoms with Crippen LogP contribution in [0.15, 0.2) is 24.3 Å². The van der Waals surface area contributed by atoms with Crippen LogP contribution in [0.2, 0.25) is 0 Å². The van der Waals surface area contributed by atoms with Gasteiger partial charge in [-0.25, -0.2) is 0 Å². The number of amides is 1. The van der Waals surface area contributed by atoms with E-state index < -0.39 is 0 Å². The highest BCUT2D eigenvalue weighted by Crippen LogP contribution is 2.21. The molecule has 2 atom stereocenters. The molecule has 0 spiro atoms. The summed E-state index contributed by atoms with van der Waals surface area (Å²) in [5, 5.41) is 0. The Morgan fingerprint density at radius 2 is 2.04 bits per heavy atom. The topological polar surface area (TPSA) is 42.0 Å². The van der Waals surface area contributed by atoms with Crippen LogP contribution in [-0.2, 0) is 27.2 Å². The molecule has 0 N–H and O–H groups in total. The number of morpholine rings is 1. The predicted molar refractivity (Wildman–Crippen MR) is 95.3 cm³/mol. The van der Waals surface area contributed by atoms with Gasteiger partial charge in [0.1, 0.15) is 6.10 Å². The standard InChI is InChI=1S/C20H28N2O3/c23-20(22-8-7-17-5-1-2-6-18(17)13-22)19-14-21(9-11-25-19)12-16-4-3-10-24-15-16/h1-2,5-6,16,19H,3-4,7-15H2. The molecule has 0 saturated carbocycles. The fourth-order valence-electron chi connectivity index (χ4n) is 4.22. The summed E-state index contributed by atoms with van der Waals surface area (Å²) in [6.45, 7) is 6.58. The number of rotatable bonds is 3. The van der Waals surface area contributed by atoms with Crippen LogP contribution in [-0.4, -0.2) is 67.8 Å². The molecule has 4 rings (SSSR count). The number of carbonyl (C=O) groups is 1. The summed E-state index contributed by atoms with van der Waals surface area (Å²) in [5.41, 5.74) is 2.64. The molecule has 2 unspecified atom stereocenters. The van der Waals surface area contributed by atoms with Crippen molar-refractivity contribution in [3.63, 3.8) is 0 Å². The van der Waals surface area contributed by atoms with Crippen molar-refractivity contribution in [3.05, 3.63) is 35.4 Å². The Morgan fingerprint density at radius 3 is 2.88 bits per heavy atom. The van der Waals surface area contributed by atoms with Gasteiger partial charge in [0.25, 0.3) is 5.91 Å². The van der Waals surface area contributed by atoms with Crippen LogP contribution in [0, 0.1) is 5.92 Å². The summed E-state index contributed by atoms with van der Waals surface area (Å²) in [6.07, 6.45) is 3.02. The largest absolute Gasteiger partial charge is 0.381 e. The molecule has 25 heavy (non-hydrogen) atoms. The minimum absolute atomic E-state index is 0.152. The van der Waals surface area contributed by atoms with Gasteiger partial charge in [0.05, 0.1) is 13.2 Å². The second kappa shape index (κ2) is 7.85. The van der Waals surface area contributed by atoms with Crippen molar-refractivity contribution in [2.75, 3.05) is 46.0 Å². The number of hydrogen-bond donors (Lipinski definition) is 0. The maximum absolute atomic E-state index is 13.0. The van der Waals surface area contributed by atoms with Crippen molar-refractivity contribution in [2.24, 2.45) is 5.92 Å². The molecule has 0 aliphatic carbocycles. The average Bonchev–Trinajstić information content (AvgIpc) is 2.68. The molecule has 1 amide bonds. The Hall–Kier alpha value is -1.43. The zero-order chi connectivity index (χ0) is 17.1. The maximum atomic E-state index is 13.0. The summed E-state index contributed by atoms with van der Waals surface area (Å²) in [6, 6.07) is 8.43. The highest BCUT2D eigenvalue weighted by molar-refractivity contribution is 5.81. The third-order valence-electron chi connectivity index (χ3n) is 5.64. The lowest BCUT2D eigenvalue weighted by Gasteiger charge is -2.38. The smallest absolute Gasteiger partial charge is 0.253 e. The van der Waals surface area contributed by atoms with E-state index in [0.717, 1.165) is 45.7 Å². The lowest BCUT2D eigenvalue weighted by Crippen LogP contribution is -2.52. The van der Waals surface area contributed by atoms with Gasteiger partial charge >= 0.3 is 0 Å². The molecule has 1 aromatic rings. The summed E-state index contributed by atoms with van der Waals surface area (Å²) >= 11 is 0. The Morgan fingerprint density at radius 1 is 1.16 bits per heavy atom. The van der Waals surface area contributed by atoms with Gasteiger partial charge in [-0.3, -0.25) is 9.69 Å². The Bertz CT molecular complexity index is 600. The minimum atomic E-state index is -0.316. The third kappa shape index (κ3) is 4.05. The van der Waals surface area contributed by atoms with Gasteiger partial charge in [-0.1, -0.05) is 24.3 Å².